The molecule has 0 bridgehead atoms. The van der Waals surface area contributed by atoms with Crippen LogP contribution in [0.3, 0.4) is 0 Å². The van der Waals surface area contributed by atoms with Crippen LogP contribution >= 0.6 is 0 Å². The fourth-order valence-electron chi connectivity index (χ4n) is 3.81. The molecule has 4 rings (SSSR count). The summed E-state index contributed by atoms with van der Waals surface area (Å²) in [5.74, 6) is 1.08. The van der Waals surface area contributed by atoms with Crippen molar-refractivity contribution < 1.29 is 18.3 Å². The van der Waals surface area contributed by atoms with Crippen molar-refractivity contribution in [3.05, 3.63) is 17.8 Å². The molecule has 168 valence electrons. The molecule has 2 N–H and O–H groups in total. The summed E-state index contributed by atoms with van der Waals surface area (Å²) >= 11 is 0. The van der Waals surface area contributed by atoms with E-state index < -0.39 is 6.43 Å². The molecule has 0 aromatic carbocycles. The van der Waals surface area contributed by atoms with Gasteiger partial charge in [0.2, 0.25) is 11.9 Å². The Morgan fingerprint density at radius 1 is 1.10 bits per heavy atom. The standard InChI is InChI=1S/C20H27F2N7O2/c1-3-14-11-31-7-5-29(14)20-26-18(13-8-15(16(21)22)17(23)24-9-13)25-19(27-20)28-4-6-30-10-12(28)2/h8-9,12,14,16H,3-7,10-11H2,1-2H3,(H2,23,24)/t12-,14-/m1/s1. The highest BCUT2D eigenvalue weighted by Crippen LogP contribution is 2.30. The van der Waals surface area contributed by atoms with Gasteiger partial charge in [-0.25, -0.2) is 13.8 Å². The molecule has 31 heavy (non-hydrogen) atoms. The molecule has 2 aromatic heterocycles. The van der Waals surface area contributed by atoms with Crippen molar-refractivity contribution in [2.75, 3.05) is 55.1 Å². The number of hydrogen-bond acceptors (Lipinski definition) is 9. The predicted octanol–water partition coefficient (Wildman–Crippen LogP) is 2.29. The van der Waals surface area contributed by atoms with E-state index >= 15 is 0 Å². The molecule has 2 atom stereocenters. The summed E-state index contributed by atoms with van der Waals surface area (Å²) in [4.78, 5) is 22.1. The molecular weight excluding hydrogens is 408 g/mol. The van der Waals surface area contributed by atoms with Gasteiger partial charge in [-0.05, 0) is 19.4 Å². The topological polar surface area (TPSA) is 103 Å². The van der Waals surface area contributed by atoms with Gasteiger partial charge in [-0.15, -0.1) is 0 Å². The summed E-state index contributed by atoms with van der Waals surface area (Å²) < 4.78 is 37.9. The zero-order valence-electron chi connectivity index (χ0n) is 17.7. The molecule has 2 saturated heterocycles. The van der Waals surface area contributed by atoms with E-state index in [0.29, 0.717) is 57.0 Å². The summed E-state index contributed by atoms with van der Waals surface area (Å²) in [6, 6.07) is 1.50. The minimum Gasteiger partial charge on any atom is -0.383 e. The maximum absolute atomic E-state index is 13.4. The van der Waals surface area contributed by atoms with Gasteiger partial charge in [0.25, 0.3) is 6.43 Å². The molecule has 2 aromatic rings. The van der Waals surface area contributed by atoms with Crippen molar-refractivity contribution in [1.29, 1.82) is 0 Å². The highest BCUT2D eigenvalue weighted by Gasteiger charge is 2.28. The van der Waals surface area contributed by atoms with E-state index in [-0.39, 0.29) is 29.3 Å². The summed E-state index contributed by atoms with van der Waals surface area (Å²) in [6.07, 6.45) is -0.455. The molecule has 0 aliphatic carbocycles. The Kier molecular flexibility index (Phi) is 6.42. The number of anilines is 3. The lowest BCUT2D eigenvalue weighted by atomic mass is 10.1. The fourth-order valence-corrected chi connectivity index (χ4v) is 3.81. The third-order valence-electron chi connectivity index (χ3n) is 5.63. The smallest absolute Gasteiger partial charge is 0.267 e. The Balaban J connectivity index is 1.80. The first-order chi connectivity index (χ1) is 15.0. The molecule has 0 spiro atoms. The van der Waals surface area contributed by atoms with Gasteiger partial charge < -0.3 is 25.0 Å². The average Bonchev–Trinajstić information content (AvgIpc) is 2.79. The van der Waals surface area contributed by atoms with Gasteiger partial charge >= 0.3 is 0 Å². The first kappa shape index (κ1) is 21.6. The zero-order chi connectivity index (χ0) is 22.0. The summed E-state index contributed by atoms with van der Waals surface area (Å²) in [5, 5.41) is 0. The number of pyridine rings is 1. The van der Waals surface area contributed by atoms with E-state index in [0.717, 1.165) is 6.42 Å². The lowest BCUT2D eigenvalue weighted by molar-refractivity contribution is 0.0919. The van der Waals surface area contributed by atoms with Crippen molar-refractivity contribution >= 4 is 17.7 Å². The quantitative estimate of drug-likeness (QED) is 0.758. The summed E-state index contributed by atoms with van der Waals surface area (Å²) in [5.41, 5.74) is 5.67. The van der Waals surface area contributed by atoms with Crippen LogP contribution in [0.5, 0.6) is 0 Å². The van der Waals surface area contributed by atoms with Crippen LogP contribution in [0.4, 0.5) is 26.5 Å². The van der Waals surface area contributed by atoms with E-state index in [1.807, 2.05) is 6.92 Å². The second-order valence-corrected chi connectivity index (χ2v) is 7.71. The SMILES string of the molecule is CC[C@@H]1COCCN1c1nc(-c2cnc(N)c(C(F)F)c2)nc(N2CCOC[C@H]2C)n1. The van der Waals surface area contributed by atoms with Crippen LogP contribution in [0.25, 0.3) is 11.4 Å². The number of halogens is 2. The molecule has 4 heterocycles. The second-order valence-electron chi connectivity index (χ2n) is 7.71. The van der Waals surface area contributed by atoms with Gasteiger partial charge in [0, 0.05) is 24.8 Å². The fraction of sp³-hybridized carbons (Fsp3) is 0.600. The minimum atomic E-state index is -2.74. The number of ether oxygens (including phenoxy) is 2. The highest BCUT2D eigenvalue weighted by atomic mass is 19.3. The summed E-state index contributed by atoms with van der Waals surface area (Å²) in [6.45, 7) is 7.66. The predicted molar refractivity (Wildman–Crippen MR) is 112 cm³/mol. The molecule has 11 heteroatoms. The molecule has 2 aliphatic heterocycles. The molecule has 2 aliphatic rings. The van der Waals surface area contributed by atoms with Crippen LogP contribution in [0, 0.1) is 0 Å². The molecule has 0 unspecified atom stereocenters. The Morgan fingerprint density at radius 3 is 2.45 bits per heavy atom. The third-order valence-corrected chi connectivity index (χ3v) is 5.63. The van der Waals surface area contributed by atoms with Crippen molar-refractivity contribution in [1.82, 2.24) is 19.9 Å². The molecule has 0 amide bonds. The average molecular weight is 435 g/mol. The molecule has 0 saturated carbocycles. The van der Waals surface area contributed by atoms with Gasteiger partial charge in [-0.1, -0.05) is 6.92 Å². The highest BCUT2D eigenvalue weighted by molar-refractivity contribution is 5.61. The van der Waals surface area contributed by atoms with Crippen LogP contribution < -0.4 is 15.5 Å². The van der Waals surface area contributed by atoms with Crippen LogP contribution in [0.2, 0.25) is 0 Å². The molecule has 9 nitrogen and oxygen atoms in total. The number of hydrogen-bond donors (Lipinski definition) is 1. The number of aromatic nitrogens is 4. The minimum absolute atomic E-state index is 0.0738. The first-order valence-electron chi connectivity index (χ1n) is 10.5. The lowest BCUT2D eigenvalue weighted by Gasteiger charge is -2.37. The largest absolute Gasteiger partial charge is 0.383 e. The molecule has 0 radical (unpaired) electrons. The second kappa shape index (κ2) is 9.23. The van der Waals surface area contributed by atoms with Crippen molar-refractivity contribution in [3.63, 3.8) is 0 Å². The van der Waals surface area contributed by atoms with Crippen molar-refractivity contribution in [2.45, 2.75) is 38.8 Å². The van der Waals surface area contributed by atoms with Gasteiger partial charge in [0.1, 0.15) is 5.82 Å². The number of rotatable bonds is 5. The van der Waals surface area contributed by atoms with Crippen LogP contribution in [-0.2, 0) is 9.47 Å². The molecular formula is C20H27F2N7O2. The summed E-state index contributed by atoms with van der Waals surface area (Å²) in [7, 11) is 0. The van der Waals surface area contributed by atoms with Gasteiger partial charge in [-0.2, -0.15) is 15.0 Å². The van der Waals surface area contributed by atoms with Gasteiger partial charge in [-0.3, -0.25) is 0 Å². The van der Waals surface area contributed by atoms with Crippen LogP contribution in [-0.4, -0.2) is 71.5 Å². The lowest BCUT2D eigenvalue weighted by Crippen LogP contribution is -2.47. The van der Waals surface area contributed by atoms with E-state index in [1.165, 1.54) is 12.3 Å². The van der Waals surface area contributed by atoms with Gasteiger partial charge in [0.15, 0.2) is 5.82 Å². The normalized spacial score (nSPS) is 22.2. The van der Waals surface area contributed by atoms with E-state index in [9.17, 15) is 8.78 Å². The number of morpholine rings is 2. The zero-order valence-corrected chi connectivity index (χ0v) is 17.7. The third kappa shape index (κ3) is 4.52. The van der Waals surface area contributed by atoms with E-state index in [4.69, 9.17) is 20.2 Å². The monoisotopic (exact) mass is 435 g/mol. The van der Waals surface area contributed by atoms with Gasteiger partial charge in [0.05, 0.1) is 44.1 Å². The number of alkyl halides is 2. The Bertz CT molecular complexity index is 917. The van der Waals surface area contributed by atoms with Crippen molar-refractivity contribution in [3.8, 4) is 11.4 Å². The van der Waals surface area contributed by atoms with Crippen molar-refractivity contribution in [2.24, 2.45) is 0 Å². The number of nitrogens with zero attached hydrogens (tertiary/aromatic N) is 6. The number of nitrogen functional groups attached to an aromatic ring is 1. The van der Waals surface area contributed by atoms with E-state index in [1.54, 1.807) is 0 Å². The Morgan fingerprint density at radius 2 is 1.77 bits per heavy atom. The maximum atomic E-state index is 13.4. The maximum Gasteiger partial charge on any atom is 0.267 e. The van der Waals surface area contributed by atoms with E-state index in [2.05, 4.69) is 31.7 Å². The Labute approximate surface area is 179 Å². The van der Waals surface area contributed by atoms with Crippen LogP contribution in [0.15, 0.2) is 12.3 Å². The van der Waals surface area contributed by atoms with Crippen LogP contribution in [0.1, 0.15) is 32.3 Å². The number of nitrogens with two attached hydrogens (primary N) is 1. The Hall–Kier alpha value is -2.66. The first-order valence-corrected chi connectivity index (χ1v) is 10.5. The molecule has 2 fully saturated rings.